The van der Waals surface area contributed by atoms with E-state index in [1.165, 1.54) is 6.42 Å². The Morgan fingerprint density at radius 1 is 1.25 bits per heavy atom. The van der Waals surface area contributed by atoms with Gasteiger partial charge in [-0.25, -0.2) is 9.59 Å². The Hall–Kier alpha value is -1.30. The average Bonchev–Trinajstić information content (AvgIpc) is 2.39. The Kier molecular flexibility index (Phi) is 4.86. The molecule has 1 aliphatic carbocycles. The zero-order chi connectivity index (χ0) is 14.6. The van der Waals surface area contributed by atoms with Crippen LogP contribution in [-0.2, 0) is 9.53 Å². The summed E-state index contributed by atoms with van der Waals surface area (Å²) >= 11 is 0. The lowest BCUT2D eigenvalue weighted by Gasteiger charge is -2.35. The van der Waals surface area contributed by atoms with E-state index in [1.54, 1.807) is 0 Å². The first-order valence-electron chi connectivity index (χ1n) is 7.42. The Balaban J connectivity index is 1.90. The number of carbonyl (C=O) groups excluding carboxylic acids is 1. The minimum absolute atomic E-state index is 0.157. The first kappa shape index (κ1) is 15.1. The second kappa shape index (κ2) is 6.43. The Bertz CT molecular complexity index is 366. The molecule has 1 saturated carbocycles. The number of hydrogen-bond acceptors (Lipinski definition) is 3. The molecule has 2 rings (SSSR count). The smallest absolute Gasteiger partial charge is 0.329 e. The lowest BCUT2D eigenvalue weighted by molar-refractivity contribution is -0.148. The van der Waals surface area contributed by atoms with Crippen LogP contribution in [0.15, 0.2) is 0 Å². The molecule has 0 bridgehead atoms. The first-order chi connectivity index (χ1) is 9.52. The second-order valence-corrected chi connectivity index (χ2v) is 6.07. The van der Waals surface area contributed by atoms with Crippen LogP contribution < -0.4 is 10.6 Å². The maximum atomic E-state index is 12.1. The third-order valence-electron chi connectivity index (χ3n) is 4.38. The fourth-order valence-electron chi connectivity index (χ4n) is 3.12. The van der Waals surface area contributed by atoms with Gasteiger partial charge >= 0.3 is 12.0 Å². The normalized spacial score (nSPS) is 29.4. The van der Waals surface area contributed by atoms with Gasteiger partial charge in [-0.3, -0.25) is 0 Å². The standard InChI is InChI=1S/C14H24N2O4/c1-10-3-2-4-11(9-10)15-13(19)16-14(12(17)18)5-7-20-8-6-14/h10-11H,2-9H2,1H3,(H,17,18)(H2,15,16,19). The monoisotopic (exact) mass is 284 g/mol. The van der Waals surface area contributed by atoms with Crippen LogP contribution in [0.3, 0.4) is 0 Å². The molecule has 1 heterocycles. The van der Waals surface area contributed by atoms with Crippen molar-refractivity contribution in [3.63, 3.8) is 0 Å². The SMILES string of the molecule is CC1CCCC(NC(=O)NC2(C(=O)O)CCOCC2)C1. The molecule has 6 nitrogen and oxygen atoms in total. The van der Waals surface area contributed by atoms with Crippen LogP contribution in [0, 0.1) is 5.92 Å². The second-order valence-electron chi connectivity index (χ2n) is 6.07. The zero-order valence-corrected chi connectivity index (χ0v) is 12.0. The molecule has 2 atom stereocenters. The summed E-state index contributed by atoms with van der Waals surface area (Å²) in [6.45, 7) is 2.92. The van der Waals surface area contributed by atoms with Crippen LogP contribution >= 0.6 is 0 Å². The molecule has 20 heavy (non-hydrogen) atoms. The third-order valence-corrected chi connectivity index (χ3v) is 4.38. The van der Waals surface area contributed by atoms with Crippen molar-refractivity contribution in [1.82, 2.24) is 10.6 Å². The predicted octanol–water partition coefficient (Wildman–Crippen LogP) is 1.50. The molecule has 0 spiro atoms. The molecule has 0 aromatic rings. The number of urea groups is 1. The van der Waals surface area contributed by atoms with Crippen molar-refractivity contribution in [1.29, 1.82) is 0 Å². The van der Waals surface area contributed by atoms with Crippen LogP contribution in [0.5, 0.6) is 0 Å². The largest absolute Gasteiger partial charge is 0.480 e. The minimum Gasteiger partial charge on any atom is -0.480 e. The van der Waals surface area contributed by atoms with Crippen molar-refractivity contribution in [3.8, 4) is 0 Å². The highest BCUT2D eigenvalue weighted by Crippen LogP contribution is 2.24. The van der Waals surface area contributed by atoms with E-state index in [0.29, 0.717) is 32.0 Å². The van der Waals surface area contributed by atoms with Gasteiger partial charge in [-0.05, 0) is 18.8 Å². The molecule has 2 aliphatic rings. The molecule has 0 radical (unpaired) electrons. The van der Waals surface area contributed by atoms with Crippen LogP contribution in [0.25, 0.3) is 0 Å². The molecule has 0 aromatic carbocycles. The summed E-state index contributed by atoms with van der Waals surface area (Å²) in [5, 5.41) is 15.0. The van der Waals surface area contributed by atoms with E-state index in [1.807, 2.05) is 0 Å². The quantitative estimate of drug-likeness (QED) is 0.733. The topological polar surface area (TPSA) is 87.7 Å². The summed E-state index contributed by atoms with van der Waals surface area (Å²) in [6.07, 6.45) is 4.89. The molecule has 6 heteroatoms. The van der Waals surface area contributed by atoms with E-state index < -0.39 is 11.5 Å². The van der Waals surface area contributed by atoms with Gasteiger partial charge in [0.2, 0.25) is 0 Å². The van der Waals surface area contributed by atoms with E-state index in [-0.39, 0.29) is 12.1 Å². The molecule has 0 aromatic heterocycles. The first-order valence-corrected chi connectivity index (χ1v) is 7.42. The third kappa shape index (κ3) is 3.62. The molecule has 3 N–H and O–H groups in total. The van der Waals surface area contributed by atoms with Crippen LogP contribution in [0.4, 0.5) is 4.79 Å². The number of nitrogens with one attached hydrogen (secondary N) is 2. The summed E-state index contributed by atoms with van der Waals surface area (Å²) in [5.41, 5.74) is -1.18. The number of carboxylic acid groups (broad SMARTS) is 1. The molecule has 2 unspecified atom stereocenters. The summed E-state index contributed by atoms with van der Waals surface area (Å²) in [6, 6.07) is -0.210. The number of carbonyl (C=O) groups is 2. The number of ether oxygens (including phenoxy) is 1. The van der Waals surface area contributed by atoms with Crippen molar-refractivity contribution in [2.75, 3.05) is 13.2 Å². The highest BCUT2D eigenvalue weighted by molar-refractivity contribution is 5.86. The van der Waals surface area contributed by atoms with Crippen molar-refractivity contribution in [2.24, 2.45) is 5.92 Å². The Morgan fingerprint density at radius 3 is 2.55 bits per heavy atom. The predicted molar refractivity (Wildman–Crippen MR) is 73.5 cm³/mol. The van der Waals surface area contributed by atoms with Crippen molar-refractivity contribution in [3.05, 3.63) is 0 Å². The highest BCUT2D eigenvalue weighted by atomic mass is 16.5. The Labute approximate surface area is 119 Å². The fraction of sp³-hybridized carbons (Fsp3) is 0.857. The average molecular weight is 284 g/mol. The van der Waals surface area contributed by atoms with E-state index >= 15 is 0 Å². The van der Waals surface area contributed by atoms with Gasteiger partial charge in [0.15, 0.2) is 0 Å². The molecule has 114 valence electrons. The number of carboxylic acids is 1. The number of amides is 2. The maximum absolute atomic E-state index is 12.1. The summed E-state index contributed by atoms with van der Waals surface area (Å²) in [4.78, 5) is 23.5. The van der Waals surface area contributed by atoms with Crippen LogP contribution in [0.1, 0.15) is 45.4 Å². The molecular weight excluding hydrogens is 260 g/mol. The summed E-state index contributed by atoms with van der Waals surface area (Å²) < 4.78 is 5.19. The van der Waals surface area contributed by atoms with Crippen LogP contribution in [0.2, 0.25) is 0 Å². The van der Waals surface area contributed by atoms with Crippen molar-refractivity contribution < 1.29 is 19.4 Å². The van der Waals surface area contributed by atoms with Gasteiger partial charge in [0.05, 0.1) is 0 Å². The van der Waals surface area contributed by atoms with Gasteiger partial charge in [0.1, 0.15) is 5.54 Å². The van der Waals surface area contributed by atoms with Crippen LogP contribution in [-0.4, -0.2) is 41.9 Å². The fourth-order valence-corrected chi connectivity index (χ4v) is 3.12. The van der Waals surface area contributed by atoms with Crippen molar-refractivity contribution >= 4 is 12.0 Å². The summed E-state index contributed by atoms with van der Waals surface area (Å²) in [7, 11) is 0. The lowest BCUT2D eigenvalue weighted by Crippen LogP contribution is -2.60. The van der Waals surface area contributed by atoms with E-state index in [4.69, 9.17) is 4.74 Å². The Morgan fingerprint density at radius 2 is 1.95 bits per heavy atom. The number of rotatable bonds is 3. The molecule has 2 amide bonds. The van der Waals surface area contributed by atoms with E-state index in [0.717, 1.165) is 19.3 Å². The van der Waals surface area contributed by atoms with Crippen molar-refractivity contribution in [2.45, 2.75) is 57.0 Å². The van der Waals surface area contributed by atoms with Gasteiger partial charge in [-0.15, -0.1) is 0 Å². The van der Waals surface area contributed by atoms with Gasteiger partial charge in [0, 0.05) is 32.1 Å². The molecular formula is C14H24N2O4. The highest BCUT2D eigenvalue weighted by Gasteiger charge is 2.41. The number of aliphatic carboxylic acids is 1. The van der Waals surface area contributed by atoms with Gasteiger partial charge in [-0.1, -0.05) is 19.8 Å². The molecule has 2 fully saturated rings. The zero-order valence-electron chi connectivity index (χ0n) is 12.0. The maximum Gasteiger partial charge on any atom is 0.329 e. The van der Waals surface area contributed by atoms with E-state index in [9.17, 15) is 14.7 Å². The van der Waals surface area contributed by atoms with E-state index in [2.05, 4.69) is 17.6 Å². The minimum atomic E-state index is -1.18. The molecule has 1 aliphatic heterocycles. The number of hydrogen-bond donors (Lipinski definition) is 3. The van der Waals surface area contributed by atoms with Gasteiger partial charge in [0.25, 0.3) is 0 Å². The van der Waals surface area contributed by atoms with Gasteiger partial charge in [-0.2, -0.15) is 0 Å². The summed E-state index contributed by atoms with van der Waals surface area (Å²) in [5.74, 6) is -0.362. The lowest BCUT2D eigenvalue weighted by atomic mass is 9.87. The van der Waals surface area contributed by atoms with Gasteiger partial charge < -0.3 is 20.5 Å². The molecule has 1 saturated heterocycles.